The summed E-state index contributed by atoms with van der Waals surface area (Å²) in [6.45, 7) is 3.58. The van der Waals surface area contributed by atoms with E-state index in [9.17, 15) is 5.11 Å². The molecule has 0 saturated heterocycles. The van der Waals surface area contributed by atoms with E-state index in [-0.39, 0.29) is 0 Å². The molecule has 1 aromatic carbocycles. The molecular weight excluding hydrogens is 226 g/mol. The minimum Gasteiger partial charge on any atom is -0.389 e. The Kier molecular flexibility index (Phi) is 5.77. The van der Waals surface area contributed by atoms with Gasteiger partial charge >= 0.3 is 0 Å². The average molecular weight is 244 g/mol. The fraction of sp³-hybridized carbons (Fsp3) is 0.500. The van der Waals surface area contributed by atoms with Crippen molar-refractivity contribution in [2.75, 3.05) is 20.3 Å². The maximum Gasteiger partial charge on any atom is 0.0897 e. The zero-order chi connectivity index (χ0) is 12.0. The lowest BCUT2D eigenvalue weighted by atomic mass is 10.1. The molecule has 2 N–H and O–H groups in total. The van der Waals surface area contributed by atoms with E-state index in [0.29, 0.717) is 13.2 Å². The van der Waals surface area contributed by atoms with Gasteiger partial charge in [-0.15, -0.1) is 0 Å². The number of hydrogen-bond acceptors (Lipinski definition) is 3. The van der Waals surface area contributed by atoms with Crippen molar-refractivity contribution in [3.8, 4) is 0 Å². The van der Waals surface area contributed by atoms with Crippen LogP contribution >= 0.6 is 11.6 Å². The maximum atomic E-state index is 9.42. The number of ether oxygens (including phenoxy) is 1. The predicted octanol–water partition coefficient (Wildman–Crippen LogP) is 1.75. The zero-order valence-corrected chi connectivity index (χ0v) is 10.4. The standard InChI is InChI=1S/C12H18ClNO2/c1-9-5-10(3-4-12(9)13)6-14-7-11(15)8-16-2/h3-5,11,14-15H,6-8H2,1-2H3. The smallest absolute Gasteiger partial charge is 0.0897 e. The van der Waals surface area contributed by atoms with Gasteiger partial charge < -0.3 is 15.2 Å². The molecule has 0 aromatic heterocycles. The van der Waals surface area contributed by atoms with E-state index in [0.717, 1.165) is 22.7 Å². The number of rotatable bonds is 6. The molecule has 0 aliphatic heterocycles. The monoisotopic (exact) mass is 243 g/mol. The molecule has 4 heteroatoms. The highest BCUT2D eigenvalue weighted by atomic mass is 35.5. The molecule has 0 radical (unpaired) electrons. The van der Waals surface area contributed by atoms with Crippen LogP contribution in [0.3, 0.4) is 0 Å². The molecular formula is C12H18ClNO2. The Balaban J connectivity index is 2.34. The molecule has 0 aliphatic carbocycles. The molecule has 0 bridgehead atoms. The number of halogens is 1. The summed E-state index contributed by atoms with van der Waals surface area (Å²) >= 11 is 5.93. The van der Waals surface area contributed by atoms with Crippen LogP contribution in [0.2, 0.25) is 5.02 Å². The van der Waals surface area contributed by atoms with Crippen molar-refractivity contribution >= 4 is 11.6 Å². The van der Waals surface area contributed by atoms with Gasteiger partial charge in [0.1, 0.15) is 0 Å². The van der Waals surface area contributed by atoms with Gasteiger partial charge in [0.25, 0.3) is 0 Å². The van der Waals surface area contributed by atoms with Crippen LogP contribution in [0.4, 0.5) is 0 Å². The summed E-state index contributed by atoms with van der Waals surface area (Å²) in [6, 6.07) is 5.91. The van der Waals surface area contributed by atoms with Crippen LogP contribution in [0.15, 0.2) is 18.2 Å². The third-order valence-corrected chi connectivity index (χ3v) is 2.71. The van der Waals surface area contributed by atoms with Gasteiger partial charge in [0, 0.05) is 25.2 Å². The molecule has 90 valence electrons. The highest BCUT2D eigenvalue weighted by Crippen LogP contribution is 2.15. The Morgan fingerprint density at radius 3 is 2.88 bits per heavy atom. The summed E-state index contributed by atoms with van der Waals surface area (Å²) in [5, 5.41) is 13.4. The van der Waals surface area contributed by atoms with Crippen molar-refractivity contribution in [3.05, 3.63) is 34.3 Å². The molecule has 0 fully saturated rings. The Bertz CT molecular complexity index is 331. The molecule has 0 heterocycles. The van der Waals surface area contributed by atoms with E-state index in [1.54, 1.807) is 7.11 Å². The fourth-order valence-electron chi connectivity index (χ4n) is 1.45. The third kappa shape index (κ3) is 4.49. The van der Waals surface area contributed by atoms with Crippen molar-refractivity contribution < 1.29 is 9.84 Å². The first-order chi connectivity index (χ1) is 7.63. The highest BCUT2D eigenvalue weighted by molar-refractivity contribution is 6.31. The van der Waals surface area contributed by atoms with E-state index in [2.05, 4.69) is 5.32 Å². The first-order valence-electron chi connectivity index (χ1n) is 5.26. The second-order valence-corrected chi connectivity index (χ2v) is 4.23. The molecule has 0 spiro atoms. The topological polar surface area (TPSA) is 41.5 Å². The number of aliphatic hydroxyl groups excluding tert-OH is 1. The van der Waals surface area contributed by atoms with E-state index in [4.69, 9.17) is 16.3 Å². The molecule has 0 saturated carbocycles. The Hall–Kier alpha value is -0.610. The van der Waals surface area contributed by atoms with E-state index < -0.39 is 6.10 Å². The fourth-order valence-corrected chi connectivity index (χ4v) is 1.57. The lowest BCUT2D eigenvalue weighted by molar-refractivity contribution is 0.0644. The second kappa shape index (κ2) is 6.86. The maximum absolute atomic E-state index is 9.42. The normalized spacial score (nSPS) is 12.8. The van der Waals surface area contributed by atoms with Crippen LogP contribution in [0.25, 0.3) is 0 Å². The SMILES string of the molecule is COCC(O)CNCc1ccc(Cl)c(C)c1. The molecule has 0 amide bonds. The number of hydrogen-bond donors (Lipinski definition) is 2. The zero-order valence-electron chi connectivity index (χ0n) is 9.66. The van der Waals surface area contributed by atoms with Crippen molar-refractivity contribution in [1.82, 2.24) is 5.32 Å². The lowest BCUT2D eigenvalue weighted by Crippen LogP contribution is -2.29. The lowest BCUT2D eigenvalue weighted by Gasteiger charge is -2.11. The Labute approximate surface area is 101 Å². The summed E-state index contributed by atoms with van der Waals surface area (Å²) in [6.07, 6.45) is -0.460. The van der Waals surface area contributed by atoms with Crippen LogP contribution in [0.5, 0.6) is 0 Å². The molecule has 1 rings (SSSR count). The van der Waals surface area contributed by atoms with Gasteiger partial charge in [0.15, 0.2) is 0 Å². The summed E-state index contributed by atoms with van der Waals surface area (Å²) in [5.41, 5.74) is 2.23. The van der Waals surface area contributed by atoms with Gasteiger partial charge in [-0.2, -0.15) is 0 Å². The summed E-state index contributed by atoms with van der Waals surface area (Å²) in [5.74, 6) is 0. The van der Waals surface area contributed by atoms with E-state index in [1.165, 1.54) is 0 Å². The van der Waals surface area contributed by atoms with Crippen LogP contribution in [0.1, 0.15) is 11.1 Å². The van der Waals surface area contributed by atoms with Gasteiger partial charge in [-0.25, -0.2) is 0 Å². The minimum absolute atomic E-state index is 0.354. The molecule has 1 atom stereocenters. The number of benzene rings is 1. The van der Waals surface area contributed by atoms with Gasteiger partial charge in [-0.3, -0.25) is 0 Å². The van der Waals surface area contributed by atoms with Gasteiger partial charge in [0.2, 0.25) is 0 Å². The Morgan fingerprint density at radius 1 is 1.50 bits per heavy atom. The molecule has 3 nitrogen and oxygen atoms in total. The van der Waals surface area contributed by atoms with E-state index >= 15 is 0 Å². The van der Waals surface area contributed by atoms with Crippen molar-refractivity contribution in [2.24, 2.45) is 0 Å². The average Bonchev–Trinajstić information content (AvgIpc) is 2.24. The number of aryl methyl sites for hydroxylation is 1. The van der Waals surface area contributed by atoms with Crippen molar-refractivity contribution in [2.45, 2.75) is 19.6 Å². The quantitative estimate of drug-likeness (QED) is 0.800. The number of aliphatic hydroxyl groups is 1. The summed E-state index contributed by atoms with van der Waals surface area (Å²) < 4.78 is 4.83. The Morgan fingerprint density at radius 2 is 2.25 bits per heavy atom. The van der Waals surface area contributed by atoms with Crippen molar-refractivity contribution in [1.29, 1.82) is 0 Å². The van der Waals surface area contributed by atoms with Gasteiger partial charge in [-0.1, -0.05) is 23.7 Å². The molecule has 0 aliphatic rings. The number of nitrogens with one attached hydrogen (secondary N) is 1. The van der Waals surface area contributed by atoms with Gasteiger partial charge in [0.05, 0.1) is 12.7 Å². The minimum atomic E-state index is -0.460. The summed E-state index contributed by atoms with van der Waals surface area (Å²) in [7, 11) is 1.58. The second-order valence-electron chi connectivity index (χ2n) is 3.82. The largest absolute Gasteiger partial charge is 0.389 e. The van der Waals surface area contributed by atoms with Gasteiger partial charge in [-0.05, 0) is 24.1 Å². The van der Waals surface area contributed by atoms with Crippen LogP contribution in [-0.2, 0) is 11.3 Å². The number of methoxy groups -OCH3 is 1. The van der Waals surface area contributed by atoms with Crippen LogP contribution in [-0.4, -0.2) is 31.5 Å². The molecule has 1 unspecified atom stereocenters. The van der Waals surface area contributed by atoms with Crippen LogP contribution in [0, 0.1) is 6.92 Å². The van der Waals surface area contributed by atoms with Crippen molar-refractivity contribution in [3.63, 3.8) is 0 Å². The first-order valence-corrected chi connectivity index (χ1v) is 5.64. The van der Waals surface area contributed by atoms with E-state index in [1.807, 2.05) is 25.1 Å². The summed E-state index contributed by atoms with van der Waals surface area (Å²) in [4.78, 5) is 0. The molecule has 16 heavy (non-hydrogen) atoms. The third-order valence-electron chi connectivity index (χ3n) is 2.29. The first kappa shape index (κ1) is 13.5. The highest BCUT2D eigenvalue weighted by Gasteiger charge is 2.02. The molecule has 1 aromatic rings. The van der Waals surface area contributed by atoms with Crippen LogP contribution < -0.4 is 5.32 Å². The predicted molar refractivity (Wildman–Crippen MR) is 65.8 cm³/mol.